The molecule has 88 valence electrons. The third-order valence-corrected chi connectivity index (χ3v) is 4.63. The normalized spacial score (nSPS) is 33.6. The van der Waals surface area contributed by atoms with E-state index in [2.05, 4.69) is 10.2 Å². The van der Waals surface area contributed by atoms with Gasteiger partial charge in [-0.15, -0.1) is 11.8 Å². The second-order valence-electron chi connectivity index (χ2n) is 4.76. The molecule has 0 aromatic heterocycles. The minimum Gasteiger partial charge on any atom is -0.340 e. The lowest BCUT2D eigenvalue weighted by Gasteiger charge is -2.23. The highest BCUT2D eigenvalue weighted by Gasteiger charge is 2.48. The van der Waals surface area contributed by atoms with Gasteiger partial charge in [0.25, 0.3) is 6.17 Å². The molecule has 2 heterocycles. The average molecular weight is 239 g/mol. The molecule has 0 saturated carbocycles. The summed E-state index contributed by atoms with van der Waals surface area (Å²) in [7, 11) is 0. The van der Waals surface area contributed by atoms with Crippen molar-refractivity contribution in [1.29, 1.82) is 0 Å². The lowest BCUT2D eigenvalue weighted by molar-refractivity contribution is -0.133. The number of carbonyl (C=O) groups is 1. The third kappa shape index (κ3) is 2.04. The molecule has 2 saturated heterocycles. The van der Waals surface area contributed by atoms with Gasteiger partial charge in [-0.1, -0.05) is 13.8 Å². The Morgan fingerprint density at radius 2 is 2.44 bits per heavy atom. The number of hydrogen-bond acceptors (Lipinski definition) is 3. The lowest BCUT2D eigenvalue weighted by Crippen LogP contribution is -2.44. The van der Waals surface area contributed by atoms with Gasteiger partial charge in [-0.3, -0.25) is 9.64 Å². The summed E-state index contributed by atoms with van der Waals surface area (Å²) in [6, 6.07) is 0. The molecule has 2 fully saturated rings. The number of amides is 1. The molecule has 1 spiro atoms. The van der Waals surface area contributed by atoms with Gasteiger partial charge < -0.3 is 4.90 Å². The molecule has 4 nitrogen and oxygen atoms in total. The molecule has 2 aliphatic heterocycles. The SMILES string of the molecule is [C-]#[N+][C@@H]1CSC2(CCN(C(=O)C(C)C)C2)N1. The van der Waals surface area contributed by atoms with E-state index in [1.54, 1.807) is 11.8 Å². The molecule has 1 amide bonds. The van der Waals surface area contributed by atoms with E-state index in [9.17, 15) is 4.79 Å². The van der Waals surface area contributed by atoms with Gasteiger partial charge in [-0.05, 0) is 6.42 Å². The summed E-state index contributed by atoms with van der Waals surface area (Å²) < 4.78 is 0. The lowest BCUT2D eigenvalue weighted by atomic mass is 10.2. The first-order chi connectivity index (χ1) is 7.56. The highest BCUT2D eigenvalue weighted by molar-refractivity contribution is 8.01. The average Bonchev–Trinajstić information content (AvgIpc) is 2.85. The number of nitrogens with one attached hydrogen (secondary N) is 1. The van der Waals surface area contributed by atoms with Crippen molar-refractivity contribution in [3.05, 3.63) is 11.4 Å². The first-order valence-corrected chi connectivity index (χ1v) is 6.62. The van der Waals surface area contributed by atoms with E-state index in [4.69, 9.17) is 6.57 Å². The quantitative estimate of drug-likeness (QED) is 0.698. The van der Waals surface area contributed by atoms with Gasteiger partial charge in [0.2, 0.25) is 5.91 Å². The summed E-state index contributed by atoms with van der Waals surface area (Å²) in [5.41, 5.74) is 0. The van der Waals surface area contributed by atoms with Crippen LogP contribution in [0.4, 0.5) is 0 Å². The van der Waals surface area contributed by atoms with Crippen LogP contribution in [-0.2, 0) is 4.79 Å². The van der Waals surface area contributed by atoms with Gasteiger partial charge in [0.05, 0.1) is 10.6 Å². The van der Waals surface area contributed by atoms with Crippen molar-refractivity contribution in [1.82, 2.24) is 10.2 Å². The number of thioether (sulfide) groups is 1. The van der Waals surface area contributed by atoms with Crippen molar-refractivity contribution in [2.45, 2.75) is 31.3 Å². The molecule has 0 aliphatic carbocycles. The Balaban J connectivity index is 1.99. The number of carbonyl (C=O) groups excluding carboxylic acids is 1. The van der Waals surface area contributed by atoms with Crippen molar-refractivity contribution in [3.8, 4) is 0 Å². The molecular formula is C11H17N3OS. The molecule has 1 unspecified atom stereocenters. The maximum Gasteiger partial charge on any atom is 0.287 e. The van der Waals surface area contributed by atoms with Gasteiger partial charge in [-0.25, -0.2) is 11.9 Å². The molecule has 2 atom stereocenters. The van der Waals surface area contributed by atoms with E-state index >= 15 is 0 Å². The summed E-state index contributed by atoms with van der Waals surface area (Å²) >= 11 is 1.80. The number of rotatable bonds is 1. The minimum absolute atomic E-state index is 0.0419. The number of likely N-dealkylation sites (tertiary alicyclic amines) is 1. The fourth-order valence-electron chi connectivity index (χ4n) is 2.27. The standard InChI is InChI=1S/C11H17N3OS/c1-8(2)10(15)14-5-4-11(7-14)13-9(12-3)6-16-11/h8-9,13H,4-7H2,1-2H3/t9-,11?/m0/s1. The second-order valence-corrected chi connectivity index (χ2v) is 6.16. The molecule has 0 aromatic carbocycles. The molecule has 0 bridgehead atoms. The van der Waals surface area contributed by atoms with Crippen molar-refractivity contribution >= 4 is 17.7 Å². The van der Waals surface area contributed by atoms with Crippen molar-refractivity contribution in [2.24, 2.45) is 5.92 Å². The molecule has 0 radical (unpaired) electrons. The summed E-state index contributed by atoms with van der Waals surface area (Å²) in [4.78, 5) is 17.3. The Kier molecular flexibility index (Phi) is 3.13. The zero-order valence-electron chi connectivity index (χ0n) is 9.69. The van der Waals surface area contributed by atoms with Crippen LogP contribution in [0.25, 0.3) is 4.85 Å². The highest BCUT2D eigenvalue weighted by Crippen LogP contribution is 2.38. The summed E-state index contributed by atoms with van der Waals surface area (Å²) in [5, 5.41) is 3.35. The van der Waals surface area contributed by atoms with Crippen LogP contribution in [0, 0.1) is 12.5 Å². The fourth-order valence-corrected chi connectivity index (χ4v) is 3.60. The molecule has 2 aliphatic rings. The van der Waals surface area contributed by atoms with E-state index < -0.39 is 0 Å². The second kappa shape index (κ2) is 4.27. The van der Waals surface area contributed by atoms with Gasteiger partial charge in [0, 0.05) is 19.0 Å². The van der Waals surface area contributed by atoms with Crippen LogP contribution in [0.15, 0.2) is 0 Å². The predicted molar refractivity (Wildman–Crippen MR) is 64.7 cm³/mol. The van der Waals surface area contributed by atoms with Gasteiger partial charge >= 0.3 is 0 Å². The summed E-state index contributed by atoms with van der Waals surface area (Å²) in [6.07, 6.45) is 0.890. The van der Waals surface area contributed by atoms with Crippen molar-refractivity contribution in [3.63, 3.8) is 0 Å². The first kappa shape index (κ1) is 11.7. The summed E-state index contributed by atoms with van der Waals surface area (Å²) in [5.74, 6) is 1.14. The van der Waals surface area contributed by atoms with Crippen LogP contribution in [-0.4, -0.2) is 40.7 Å². The Bertz CT molecular complexity index is 339. The molecule has 16 heavy (non-hydrogen) atoms. The maximum absolute atomic E-state index is 11.9. The van der Waals surface area contributed by atoms with Crippen LogP contribution in [0.3, 0.4) is 0 Å². The van der Waals surface area contributed by atoms with Gasteiger partial charge in [0.15, 0.2) is 0 Å². The number of nitrogens with zero attached hydrogens (tertiary/aromatic N) is 2. The topological polar surface area (TPSA) is 36.7 Å². The Labute approximate surface area is 101 Å². The highest BCUT2D eigenvalue weighted by atomic mass is 32.2. The van der Waals surface area contributed by atoms with E-state index in [1.807, 2.05) is 18.7 Å². The van der Waals surface area contributed by atoms with Crippen LogP contribution in [0.2, 0.25) is 0 Å². The van der Waals surface area contributed by atoms with E-state index in [0.717, 1.165) is 25.3 Å². The third-order valence-electron chi connectivity index (χ3n) is 3.14. The van der Waals surface area contributed by atoms with E-state index in [-0.39, 0.29) is 22.9 Å². The van der Waals surface area contributed by atoms with Crippen LogP contribution < -0.4 is 5.32 Å². The van der Waals surface area contributed by atoms with Crippen LogP contribution in [0.1, 0.15) is 20.3 Å². The monoisotopic (exact) mass is 239 g/mol. The largest absolute Gasteiger partial charge is 0.340 e. The Morgan fingerprint density at radius 3 is 3.00 bits per heavy atom. The zero-order valence-corrected chi connectivity index (χ0v) is 10.5. The van der Waals surface area contributed by atoms with Crippen LogP contribution >= 0.6 is 11.8 Å². The molecule has 5 heteroatoms. The summed E-state index contributed by atoms with van der Waals surface area (Å²) in [6.45, 7) is 12.5. The van der Waals surface area contributed by atoms with E-state index in [0.29, 0.717) is 0 Å². The predicted octanol–water partition coefficient (Wildman–Crippen LogP) is 1.15. The van der Waals surface area contributed by atoms with Gasteiger partial charge in [-0.2, -0.15) is 0 Å². The first-order valence-electron chi connectivity index (χ1n) is 5.63. The van der Waals surface area contributed by atoms with Crippen molar-refractivity contribution < 1.29 is 4.79 Å². The molecule has 2 rings (SSSR count). The van der Waals surface area contributed by atoms with Gasteiger partial charge in [0.1, 0.15) is 0 Å². The van der Waals surface area contributed by atoms with Crippen LogP contribution in [0.5, 0.6) is 0 Å². The minimum atomic E-state index is -0.0703. The van der Waals surface area contributed by atoms with Crippen molar-refractivity contribution in [2.75, 3.05) is 18.8 Å². The smallest absolute Gasteiger partial charge is 0.287 e. The zero-order chi connectivity index (χ0) is 11.8. The Hall–Kier alpha value is -0.730. The fraction of sp³-hybridized carbons (Fsp3) is 0.818. The Morgan fingerprint density at radius 1 is 1.69 bits per heavy atom. The van der Waals surface area contributed by atoms with E-state index in [1.165, 1.54) is 0 Å². The number of hydrogen-bond donors (Lipinski definition) is 1. The molecule has 1 N–H and O–H groups in total. The maximum atomic E-state index is 11.9. The molecule has 0 aromatic rings. The molecular weight excluding hydrogens is 222 g/mol.